The van der Waals surface area contributed by atoms with Crippen LogP contribution in [-0.2, 0) is 0 Å². The Hall–Kier alpha value is -2.58. The number of aliphatic hydroxyl groups excluding tert-OH is 1. The summed E-state index contributed by atoms with van der Waals surface area (Å²) in [5.41, 5.74) is 2.11. The van der Waals surface area contributed by atoms with Crippen LogP contribution in [0.25, 0.3) is 0 Å². The van der Waals surface area contributed by atoms with Crippen LogP contribution < -0.4 is 5.32 Å². The van der Waals surface area contributed by atoms with Gasteiger partial charge in [0, 0.05) is 23.6 Å². The second-order valence-corrected chi connectivity index (χ2v) is 4.58. The number of aryl methyl sites for hydroxylation is 2. The number of anilines is 1. The van der Waals surface area contributed by atoms with Crippen molar-refractivity contribution in [3.8, 4) is 11.8 Å². The molecule has 2 N–H and O–H groups in total. The van der Waals surface area contributed by atoms with Crippen LogP contribution in [0.15, 0.2) is 28.8 Å². The highest BCUT2D eigenvalue weighted by atomic mass is 16.5. The third-order valence-corrected chi connectivity index (χ3v) is 2.82. The zero-order chi connectivity index (χ0) is 15.2. The van der Waals surface area contributed by atoms with Crippen molar-refractivity contribution < 1.29 is 14.4 Å². The van der Waals surface area contributed by atoms with Crippen molar-refractivity contribution in [3.05, 3.63) is 46.7 Å². The first-order chi connectivity index (χ1) is 10.1. The van der Waals surface area contributed by atoms with E-state index in [1.165, 1.54) is 0 Å². The maximum absolute atomic E-state index is 12.2. The molecule has 0 spiro atoms. The number of aliphatic hydroxyl groups is 1. The van der Waals surface area contributed by atoms with Crippen molar-refractivity contribution in [2.45, 2.75) is 20.3 Å². The molecule has 108 valence electrons. The third kappa shape index (κ3) is 3.94. The van der Waals surface area contributed by atoms with Gasteiger partial charge in [-0.05, 0) is 31.5 Å². The van der Waals surface area contributed by atoms with Gasteiger partial charge in [-0.1, -0.05) is 23.1 Å². The maximum Gasteiger partial charge on any atom is 0.257 e. The molecule has 0 aliphatic heterocycles. The lowest BCUT2D eigenvalue weighted by Gasteiger charge is -2.05. The van der Waals surface area contributed by atoms with E-state index in [0.29, 0.717) is 23.6 Å². The average molecular weight is 284 g/mol. The Morgan fingerprint density at radius 2 is 2.19 bits per heavy atom. The van der Waals surface area contributed by atoms with Crippen molar-refractivity contribution in [2.75, 3.05) is 11.9 Å². The smallest absolute Gasteiger partial charge is 0.257 e. The molecular formula is C16H16N2O3. The van der Waals surface area contributed by atoms with Gasteiger partial charge in [-0.25, -0.2) is 0 Å². The molecule has 0 radical (unpaired) electrons. The molecule has 21 heavy (non-hydrogen) atoms. The molecule has 0 saturated carbocycles. The van der Waals surface area contributed by atoms with Gasteiger partial charge in [0.05, 0.1) is 6.61 Å². The first kappa shape index (κ1) is 14.8. The number of hydrogen-bond donors (Lipinski definition) is 2. The van der Waals surface area contributed by atoms with Gasteiger partial charge >= 0.3 is 0 Å². The molecule has 0 aliphatic carbocycles. The first-order valence-electron chi connectivity index (χ1n) is 6.55. The van der Waals surface area contributed by atoms with Crippen molar-refractivity contribution in [3.63, 3.8) is 0 Å². The highest BCUT2D eigenvalue weighted by molar-refractivity contribution is 6.05. The molecule has 0 saturated heterocycles. The first-order valence-corrected chi connectivity index (χ1v) is 6.55. The van der Waals surface area contributed by atoms with Crippen LogP contribution in [0, 0.1) is 25.7 Å². The number of carbonyl (C=O) groups excluding carboxylic acids is 1. The number of amides is 1. The van der Waals surface area contributed by atoms with Crippen LogP contribution in [0.1, 0.15) is 33.7 Å². The predicted octanol–water partition coefficient (Wildman–Crippen LogP) is 2.28. The number of benzene rings is 1. The van der Waals surface area contributed by atoms with E-state index in [-0.39, 0.29) is 12.5 Å². The molecule has 1 amide bonds. The summed E-state index contributed by atoms with van der Waals surface area (Å²) in [6, 6.07) is 7.06. The molecule has 1 aromatic carbocycles. The van der Waals surface area contributed by atoms with Crippen LogP contribution in [0.3, 0.4) is 0 Å². The minimum absolute atomic E-state index is 0.0255. The molecule has 0 atom stereocenters. The third-order valence-electron chi connectivity index (χ3n) is 2.82. The molecule has 0 bridgehead atoms. The Balaban J connectivity index is 2.20. The maximum atomic E-state index is 12.2. The van der Waals surface area contributed by atoms with Crippen molar-refractivity contribution in [2.24, 2.45) is 0 Å². The minimum Gasteiger partial charge on any atom is -0.395 e. The van der Waals surface area contributed by atoms with E-state index in [1.807, 2.05) is 19.1 Å². The van der Waals surface area contributed by atoms with Gasteiger partial charge in [-0.2, -0.15) is 0 Å². The Labute approximate surface area is 123 Å². The van der Waals surface area contributed by atoms with Gasteiger partial charge in [0.2, 0.25) is 0 Å². The van der Waals surface area contributed by atoms with Gasteiger partial charge in [0.25, 0.3) is 5.91 Å². The highest BCUT2D eigenvalue weighted by Crippen LogP contribution is 2.14. The fraction of sp³-hybridized carbons (Fsp3) is 0.250. The lowest BCUT2D eigenvalue weighted by atomic mass is 10.0. The van der Waals surface area contributed by atoms with E-state index < -0.39 is 0 Å². The number of aromatic nitrogens is 1. The van der Waals surface area contributed by atoms with E-state index in [2.05, 4.69) is 22.3 Å². The number of nitrogens with zero attached hydrogens (tertiary/aromatic N) is 1. The minimum atomic E-state index is -0.258. The zero-order valence-corrected chi connectivity index (χ0v) is 11.9. The predicted molar refractivity (Wildman–Crippen MR) is 79.0 cm³/mol. The van der Waals surface area contributed by atoms with Gasteiger partial charge in [0.15, 0.2) is 5.82 Å². The van der Waals surface area contributed by atoms with E-state index >= 15 is 0 Å². The Kier molecular flexibility index (Phi) is 4.75. The SMILES string of the molecule is Cc1cc(NC(=O)c2cc(C#CCCO)ccc2C)no1. The molecule has 2 rings (SSSR count). The zero-order valence-electron chi connectivity index (χ0n) is 11.9. The number of rotatable bonds is 3. The summed E-state index contributed by atoms with van der Waals surface area (Å²) < 4.78 is 4.91. The monoisotopic (exact) mass is 284 g/mol. The molecular weight excluding hydrogens is 268 g/mol. The molecule has 0 aliphatic rings. The molecule has 1 heterocycles. The topological polar surface area (TPSA) is 75.4 Å². The number of hydrogen-bond acceptors (Lipinski definition) is 4. The van der Waals surface area contributed by atoms with E-state index in [0.717, 1.165) is 11.1 Å². The summed E-state index contributed by atoms with van der Waals surface area (Å²) in [7, 11) is 0. The molecule has 1 aromatic heterocycles. The fourth-order valence-corrected chi connectivity index (χ4v) is 1.77. The van der Waals surface area contributed by atoms with E-state index in [4.69, 9.17) is 9.63 Å². The van der Waals surface area contributed by atoms with Crippen molar-refractivity contribution in [1.29, 1.82) is 0 Å². The van der Waals surface area contributed by atoms with Gasteiger partial charge in [0.1, 0.15) is 5.76 Å². The molecule has 5 nitrogen and oxygen atoms in total. The van der Waals surface area contributed by atoms with Gasteiger partial charge in [-0.3, -0.25) is 4.79 Å². The Bertz CT molecular complexity index is 708. The standard InChI is InChI=1S/C16H16N2O3/c1-11-6-7-13(5-3-4-8-19)10-14(11)16(20)17-15-9-12(2)21-18-15/h6-7,9-10,19H,4,8H2,1-2H3,(H,17,18,20). The number of nitrogens with one attached hydrogen (secondary N) is 1. The fourth-order valence-electron chi connectivity index (χ4n) is 1.77. The lowest BCUT2D eigenvalue weighted by Crippen LogP contribution is -2.13. The van der Waals surface area contributed by atoms with Crippen LogP contribution >= 0.6 is 0 Å². The summed E-state index contributed by atoms with van der Waals surface area (Å²) in [4.78, 5) is 12.2. The van der Waals surface area contributed by atoms with Crippen molar-refractivity contribution >= 4 is 11.7 Å². The molecule has 0 fully saturated rings. The van der Waals surface area contributed by atoms with Gasteiger partial charge < -0.3 is 14.9 Å². The second-order valence-electron chi connectivity index (χ2n) is 4.58. The Morgan fingerprint density at radius 1 is 1.38 bits per heavy atom. The highest BCUT2D eigenvalue weighted by Gasteiger charge is 2.11. The quantitative estimate of drug-likeness (QED) is 0.848. The van der Waals surface area contributed by atoms with E-state index in [9.17, 15) is 4.79 Å². The molecule has 5 heteroatoms. The molecule has 0 unspecified atom stereocenters. The van der Waals surface area contributed by atoms with Crippen LogP contribution in [0.2, 0.25) is 0 Å². The summed E-state index contributed by atoms with van der Waals surface area (Å²) >= 11 is 0. The van der Waals surface area contributed by atoms with Crippen LogP contribution in [0.4, 0.5) is 5.82 Å². The molecule has 2 aromatic rings. The summed E-state index contributed by atoms with van der Waals surface area (Å²) in [6.45, 7) is 3.64. The number of carbonyl (C=O) groups is 1. The average Bonchev–Trinajstić information content (AvgIpc) is 2.86. The van der Waals surface area contributed by atoms with Crippen LogP contribution in [-0.4, -0.2) is 22.8 Å². The summed E-state index contributed by atoms with van der Waals surface area (Å²) in [6.07, 6.45) is 0.410. The van der Waals surface area contributed by atoms with E-state index in [1.54, 1.807) is 19.1 Å². The van der Waals surface area contributed by atoms with Crippen LogP contribution in [0.5, 0.6) is 0 Å². The largest absolute Gasteiger partial charge is 0.395 e. The normalized spacial score (nSPS) is 9.86. The summed E-state index contributed by atoms with van der Waals surface area (Å²) in [5.74, 6) is 6.50. The Morgan fingerprint density at radius 3 is 2.86 bits per heavy atom. The summed E-state index contributed by atoms with van der Waals surface area (Å²) in [5, 5.41) is 15.1. The van der Waals surface area contributed by atoms with Gasteiger partial charge in [-0.15, -0.1) is 0 Å². The second kappa shape index (κ2) is 6.73. The van der Waals surface area contributed by atoms with Crippen molar-refractivity contribution in [1.82, 2.24) is 5.16 Å². The lowest BCUT2D eigenvalue weighted by molar-refractivity contribution is 0.102.